The number of carbonyl (C=O) groups is 1. The van der Waals surface area contributed by atoms with Crippen LogP contribution in [0.2, 0.25) is 0 Å². The van der Waals surface area contributed by atoms with E-state index in [1.807, 2.05) is 37.3 Å². The minimum atomic E-state index is -0.806. The van der Waals surface area contributed by atoms with E-state index in [1.165, 1.54) is 0 Å². The van der Waals surface area contributed by atoms with E-state index in [1.54, 1.807) is 0 Å². The monoisotopic (exact) mass is 317 g/mol. The molecule has 0 fully saturated rings. The van der Waals surface area contributed by atoms with E-state index in [9.17, 15) is 4.79 Å². The molecule has 0 aliphatic rings. The summed E-state index contributed by atoms with van der Waals surface area (Å²) in [4.78, 5) is 12.8. The molecule has 0 unspecified atom stereocenters. The first-order valence-electron chi connectivity index (χ1n) is 6.04. The number of halogens is 1. The molecule has 0 saturated carbocycles. The molecule has 0 aromatic carbocycles. The van der Waals surface area contributed by atoms with Crippen LogP contribution in [0, 0.1) is 6.92 Å². The summed E-state index contributed by atoms with van der Waals surface area (Å²) in [5.74, 6) is -0.806. The molecule has 102 valence electrons. The van der Waals surface area contributed by atoms with Gasteiger partial charge in [-0.25, -0.2) is 0 Å². The van der Waals surface area contributed by atoms with Crippen LogP contribution in [0.5, 0.6) is 0 Å². The molecule has 0 amide bonds. The van der Waals surface area contributed by atoms with Gasteiger partial charge in [0.25, 0.3) is 0 Å². The molecule has 6 heteroatoms. The average Bonchev–Trinajstić information content (AvgIpc) is 2.55. The topological polar surface area (TPSA) is 58.4 Å². The summed E-state index contributed by atoms with van der Waals surface area (Å²) in [6.07, 6.45) is 0. The Morgan fingerprint density at radius 1 is 1.56 bits per heavy atom. The van der Waals surface area contributed by atoms with Gasteiger partial charge >= 0.3 is 5.97 Å². The number of nitrogens with zero attached hydrogens (tertiary/aromatic N) is 3. The van der Waals surface area contributed by atoms with Gasteiger partial charge in [0, 0.05) is 19.1 Å². The van der Waals surface area contributed by atoms with Crippen molar-refractivity contribution in [1.82, 2.24) is 14.7 Å². The van der Waals surface area contributed by atoms with E-state index in [0.717, 1.165) is 22.4 Å². The average molecular weight is 318 g/mol. The molecule has 0 bridgehead atoms. The maximum Gasteiger partial charge on any atom is 0.317 e. The van der Waals surface area contributed by atoms with Gasteiger partial charge in [-0.15, -0.1) is 0 Å². The second kappa shape index (κ2) is 6.33. The van der Waals surface area contributed by atoms with Crippen molar-refractivity contribution in [3.8, 4) is 0 Å². The van der Waals surface area contributed by atoms with Crippen LogP contribution in [-0.4, -0.2) is 38.3 Å². The quantitative estimate of drug-likeness (QED) is 0.874. The first kappa shape index (κ1) is 15.2. The van der Waals surface area contributed by atoms with Gasteiger partial charge in [-0.05, 0) is 43.6 Å². The van der Waals surface area contributed by atoms with E-state index in [-0.39, 0.29) is 12.6 Å². The summed E-state index contributed by atoms with van der Waals surface area (Å²) in [5.41, 5.74) is 1.97. The maximum atomic E-state index is 10.9. The van der Waals surface area contributed by atoms with Crippen LogP contribution >= 0.6 is 15.9 Å². The third-order valence-corrected chi connectivity index (χ3v) is 3.91. The Balaban J connectivity index is 2.96. The van der Waals surface area contributed by atoms with E-state index in [4.69, 9.17) is 5.11 Å². The van der Waals surface area contributed by atoms with Crippen molar-refractivity contribution < 1.29 is 9.90 Å². The SMILES string of the molecule is CCn1nc(C)c(Br)c1CN(CC(=O)O)C(C)C. The minimum absolute atomic E-state index is 0.0397. The number of hydrogen-bond donors (Lipinski definition) is 1. The van der Waals surface area contributed by atoms with Crippen LogP contribution in [0.15, 0.2) is 4.47 Å². The zero-order valence-electron chi connectivity index (χ0n) is 11.3. The molecule has 0 radical (unpaired) electrons. The summed E-state index contributed by atoms with van der Waals surface area (Å²) in [6.45, 7) is 9.36. The van der Waals surface area contributed by atoms with Crippen molar-refractivity contribution in [2.45, 2.75) is 46.8 Å². The van der Waals surface area contributed by atoms with Crippen molar-refractivity contribution in [3.05, 3.63) is 15.9 Å². The number of rotatable bonds is 6. The van der Waals surface area contributed by atoms with Gasteiger partial charge < -0.3 is 5.11 Å². The van der Waals surface area contributed by atoms with Crippen LogP contribution in [0.3, 0.4) is 0 Å². The van der Waals surface area contributed by atoms with Gasteiger partial charge in [-0.1, -0.05) is 0 Å². The highest BCUT2D eigenvalue weighted by molar-refractivity contribution is 9.10. The van der Waals surface area contributed by atoms with Crippen molar-refractivity contribution in [2.24, 2.45) is 0 Å². The lowest BCUT2D eigenvalue weighted by Crippen LogP contribution is -2.35. The third-order valence-electron chi connectivity index (χ3n) is 2.87. The highest BCUT2D eigenvalue weighted by atomic mass is 79.9. The lowest BCUT2D eigenvalue weighted by Gasteiger charge is -2.24. The molecule has 0 aliphatic carbocycles. The molecule has 1 aromatic rings. The van der Waals surface area contributed by atoms with Crippen molar-refractivity contribution in [2.75, 3.05) is 6.54 Å². The summed E-state index contributed by atoms with van der Waals surface area (Å²) in [6, 6.07) is 0.175. The molecule has 0 aliphatic heterocycles. The summed E-state index contributed by atoms with van der Waals surface area (Å²) < 4.78 is 2.89. The molecule has 0 saturated heterocycles. The Kier molecular flexibility index (Phi) is 5.34. The molecule has 1 heterocycles. The highest BCUT2D eigenvalue weighted by Gasteiger charge is 2.19. The van der Waals surface area contributed by atoms with E-state index >= 15 is 0 Å². The number of hydrogen-bond acceptors (Lipinski definition) is 3. The van der Waals surface area contributed by atoms with Gasteiger partial charge in [0.2, 0.25) is 0 Å². The van der Waals surface area contributed by atoms with Gasteiger partial charge in [0.1, 0.15) is 0 Å². The molecule has 5 nitrogen and oxygen atoms in total. The first-order valence-corrected chi connectivity index (χ1v) is 6.83. The fourth-order valence-electron chi connectivity index (χ4n) is 1.81. The van der Waals surface area contributed by atoms with Gasteiger partial charge in [-0.2, -0.15) is 5.10 Å². The number of carboxylic acid groups (broad SMARTS) is 1. The lowest BCUT2D eigenvalue weighted by molar-refractivity contribution is -0.139. The third kappa shape index (κ3) is 3.55. The van der Waals surface area contributed by atoms with Gasteiger partial charge in [-0.3, -0.25) is 14.4 Å². The Labute approximate surface area is 116 Å². The van der Waals surface area contributed by atoms with Gasteiger partial charge in [0.05, 0.1) is 22.4 Å². The van der Waals surface area contributed by atoms with Crippen molar-refractivity contribution in [1.29, 1.82) is 0 Å². The predicted octanol–water partition coefficient (Wildman–Crippen LogP) is 2.27. The molecule has 0 spiro atoms. The normalized spacial score (nSPS) is 11.5. The maximum absolute atomic E-state index is 10.9. The lowest BCUT2D eigenvalue weighted by atomic mass is 10.2. The molecular weight excluding hydrogens is 298 g/mol. The molecular formula is C12H20BrN3O2. The van der Waals surface area contributed by atoms with Crippen LogP contribution in [-0.2, 0) is 17.9 Å². The van der Waals surface area contributed by atoms with Crippen molar-refractivity contribution >= 4 is 21.9 Å². The summed E-state index contributed by atoms with van der Waals surface area (Å²) in [7, 11) is 0. The zero-order chi connectivity index (χ0) is 13.9. The Hall–Kier alpha value is -0.880. The Morgan fingerprint density at radius 3 is 2.61 bits per heavy atom. The van der Waals surface area contributed by atoms with E-state index in [0.29, 0.717) is 6.54 Å². The summed E-state index contributed by atoms with van der Waals surface area (Å²) >= 11 is 3.53. The van der Waals surface area contributed by atoms with E-state index in [2.05, 4.69) is 21.0 Å². The number of aliphatic carboxylic acids is 1. The molecule has 1 N–H and O–H groups in total. The largest absolute Gasteiger partial charge is 0.480 e. The molecule has 18 heavy (non-hydrogen) atoms. The minimum Gasteiger partial charge on any atom is -0.480 e. The smallest absolute Gasteiger partial charge is 0.317 e. The van der Waals surface area contributed by atoms with Gasteiger partial charge in [0.15, 0.2) is 0 Å². The van der Waals surface area contributed by atoms with Crippen molar-refractivity contribution in [3.63, 3.8) is 0 Å². The number of carboxylic acids is 1. The summed E-state index contributed by atoms with van der Waals surface area (Å²) in [5, 5.41) is 13.4. The second-order valence-electron chi connectivity index (χ2n) is 4.55. The fourth-order valence-corrected chi connectivity index (χ4v) is 2.22. The molecule has 1 aromatic heterocycles. The van der Waals surface area contributed by atoms with Crippen LogP contribution < -0.4 is 0 Å². The molecule has 1 rings (SSSR count). The predicted molar refractivity (Wildman–Crippen MR) is 73.5 cm³/mol. The first-order chi connectivity index (χ1) is 8.36. The number of aryl methyl sites for hydroxylation is 2. The Morgan fingerprint density at radius 2 is 2.17 bits per heavy atom. The zero-order valence-corrected chi connectivity index (χ0v) is 12.9. The second-order valence-corrected chi connectivity index (χ2v) is 5.35. The fraction of sp³-hybridized carbons (Fsp3) is 0.667. The van der Waals surface area contributed by atoms with Crippen LogP contribution in [0.1, 0.15) is 32.2 Å². The van der Waals surface area contributed by atoms with Crippen LogP contribution in [0.25, 0.3) is 0 Å². The highest BCUT2D eigenvalue weighted by Crippen LogP contribution is 2.23. The standard InChI is InChI=1S/C12H20BrN3O2/c1-5-16-10(12(13)9(4)14-16)6-15(8(2)3)7-11(17)18/h8H,5-7H2,1-4H3,(H,17,18). The van der Waals surface area contributed by atoms with Crippen LogP contribution in [0.4, 0.5) is 0 Å². The molecule has 0 atom stereocenters. The number of aromatic nitrogens is 2. The van der Waals surface area contributed by atoms with E-state index < -0.39 is 5.97 Å². The Bertz CT molecular complexity index is 429.